The van der Waals surface area contributed by atoms with Gasteiger partial charge < -0.3 is 9.84 Å². The zero-order valence-corrected chi connectivity index (χ0v) is 9.97. The van der Waals surface area contributed by atoms with E-state index in [2.05, 4.69) is 0 Å². The summed E-state index contributed by atoms with van der Waals surface area (Å²) >= 11 is 0. The number of carboxylic acids is 1. The predicted octanol–water partition coefficient (Wildman–Crippen LogP) is 0.901. The third-order valence-corrected chi connectivity index (χ3v) is 2.01. The highest BCUT2D eigenvalue weighted by Crippen LogP contribution is 2.02. The zero-order valence-electron chi connectivity index (χ0n) is 9.97. The fourth-order valence-electron chi connectivity index (χ4n) is 1.08. The van der Waals surface area contributed by atoms with Gasteiger partial charge in [-0.1, -0.05) is 19.1 Å². The summed E-state index contributed by atoms with van der Waals surface area (Å²) in [7, 11) is 3.23. The number of rotatable bonds is 7. The van der Waals surface area contributed by atoms with E-state index in [1.54, 1.807) is 20.2 Å². The fourth-order valence-corrected chi connectivity index (χ4v) is 1.08. The summed E-state index contributed by atoms with van der Waals surface area (Å²) < 4.78 is 4.86. The van der Waals surface area contributed by atoms with Crippen LogP contribution < -0.4 is 0 Å². The van der Waals surface area contributed by atoms with Crippen molar-refractivity contribution in [2.24, 2.45) is 0 Å². The van der Waals surface area contributed by atoms with Gasteiger partial charge in [0.25, 0.3) is 0 Å². The van der Waals surface area contributed by atoms with E-state index in [0.29, 0.717) is 0 Å². The maximum Gasteiger partial charge on any atom is 0.321 e. The molecule has 0 aromatic carbocycles. The lowest BCUT2D eigenvalue weighted by atomic mass is 10.2. The monoisotopic (exact) mass is 229 g/mol. The van der Waals surface area contributed by atoms with Gasteiger partial charge in [-0.15, -0.1) is 0 Å². The second-order valence-electron chi connectivity index (χ2n) is 3.58. The smallest absolute Gasteiger partial charge is 0.321 e. The zero-order chi connectivity index (χ0) is 12.6. The number of nitrogens with zero attached hydrogens (tertiary/aromatic N) is 1. The molecule has 92 valence electrons. The highest BCUT2D eigenvalue weighted by Gasteiger charge is 2.23. The van der Waals surface area contributed by atoms with Crippen LogP contribution >= 0.6 is 0 Å². The van der Waals surface area contributed by atoms with Gasteiger partial charge in [0.2, 0.25) is 0 Å². The average molecular weight is 229 g/mol. The molecule has 16 heavy (non-hydrogen) atoms. The van der Waals surface area contributed by atoms with E-state index in [1.807, 2.05) is 13.0 Å². The number of aliphatic carboxylic acids is 1. The molecular formula is C11H19NO4. The largest absolute Gasteiger partial charge is 0.480 e. The minimum Gasteiger partial charge on any atom is -0.480 e. The van der Waals surface area contributed by atoms with Crippen molar-refractivity contribution in [2.45, 2.75) is 25.8 Å². The molecule has 0 heterocycles. The Balaban J connectivity index is 4.01. The van der Waals surface area contributed by atoms with E-state index >= 15 is 0 Å². The number of carboxylic acid groups (broad SMARTS) is 1. The van der Waals surface area contributed by atoms with Crippen molar-refractivity contribution in [3.8, 4) is 0 Å². The highest BCUT2D eigenvalue weighted by molar-refractivity contribution is 5.81. The summed E-state index contributed by atoms with van der Waals surface area (Å²) in [5, 5.41) is 8.84. The van der Waals surface area contributed by atoms with Gasteiger partial charge in [-0.25, -0.2) is 0 Å². The molecule has 0 bridgehead atoms. The molecule has 0 spiro atoms. The Morgan fingerprint density at radius 3 is 2.44 bits per heavy atom. The van der Waals surface area contributed by atoms with Crippen LogP contribution in [0.1, 0.15) is 19.8 Å². The third-order valence-electron chi connectivity index (χ3n) is 2.01. The Morgan fingerprint density at radius 2 is 2.00 bits per heavy atom. The van der Waals surface area contributed by atoms with E-state index in [0.717, 1.165) is 6.42 Å². The van der Waals surface area contributed by atoms with Crippen molar-refractivity contribution >= 4 is 11.9 Å². The number of carbonyl (C=O) groups excluding carboxylic acids is 1. The van der Waals surface area contributed by atoms with Gasteiger partial charge in [-0.05, 0) is 20.5 Å². The minimum absolute atomic E-state index is 0.137. The fraction of sp³-hybridized carbons (Fsp3) is 0.636. The van der Waals surface area contributed by atoms with E-state index in [-0.39, 0.29) is 13.0 Å². The van der Waals surface area contributed by atoms with Crippen LogP contribution in [0.15, 0.2) is 12.2 Å². The average Bonchev–Trinajstić information content (AvgIpc) is 2.20. The molecule has 0 fully saturated rings. The Bertz CT molecular complexity index is 261. The molecule has 0 aromatic heterocycles. The van der Waals surface area contributed by atoms with Gasteiger partial charge in [0.15, 0.2) is 0 Å². The lowest BCUT2D eigenvalue weighted by molar-refractivity contribution is -0.151. The van der Waals surface area contributed by atoms with Gasteiger partial charge in [-0.2, -0.15) is 0 Å². The molecule has 0 rings (SSSR count). The van der Waals surface area contributed by atoms with Gasteiger partial charge in [0.05, 0.1) is 6.42 Å². The SMILES string of the molecule is CCC=CCOC(=O)CC(C(=O)O)N(C)C. The van der Waals surface area contributed by atoms with E-state index < -0.39 is 18.0 Å². The summed E-state index contributed by atoms with van der Waals surface area (Å²) in [5.41, 5.74) is 0. The van der Waals surface area contributed by atoms with Crippen molar-refractivity contribution in [1.82, 2.24) is 4.90 Å². The molecule has 5 heteroatoms. The number of hydrogen-bond acceptors (Lipinski definition) is 4. The standard InChI is InChI=1S/C11H19NO4/c1-4-5-6-7-16-10(13)8-9(11(14)15)12(2)3/h5-6,9H,4,7-8H2,1-3H3,(H,14,15). The molecule has 5 nitrogen and oxygen atoms in total. The highest BCUT2D eigenvalue weighted by atomic mass is 16.5. The number of hydrogen-bond donors (Lipinski definition) is 1. The number of ether oxygens (including phenoxy) is 1. The minimum atomic E-state index is -1.02. The van der Waals surface area contributed by atoms with Crippen LogP contribution in [0.25, 0.3) is 0 Å². The van der Waals surface area contributed by atoms with Crippen LogP contribution in [0.5, 0.6) is 0 Å². The molecular weight excluding hydrogens is 210 g/mol. The lowest BCUT2D eigenvalue weighted by Crippen LogP contribution is -2.37. The van der Waals surface area contributed by atoms with Crippen molar-refractivity contribution in [2.75, 3.05) is 20.7 Å². The van der Waals surface area contributed by atoms with E-state index in [9.17, 15) is 9.59 Å². The van der Waals surface area contributed by atoms with Crippen molar-refractivity contribution < 1.29 is 19.4 Å². The number of allylic oxidation sites excluding steroid dienone is 1. The van der Waals surface area contributed by atoms with Gasteiger partial charge in [0, 0.05) is 0 Å². The molecule has 0 saturated heterocycles. The van der Waals surface area contributed by atoms with Crippen LogP contribution in [0.3, 0.4) is 0 Å². The molecule has 1 unspecified atom stereocenters. The molecule has 1 N–H and O–H groups in total. The predicted molar refractivity (Wildman–Crippen MR) is 60.1 cm³/mol. The number of carbonyl (C=O) groups is 2. The van der Waals surface area contributed by atoms with Crippen LogP contribution in [0.4, 0.5) is 0 Å². The van der Waals surface area contributed by atoms with Gasteiger partial charge >= 0.3 is 11.9 Å². The van der Waals surface area contributed by atoms with Crippen LogP contribution in [-0.2, 0) is 14.3 Å². The first-order chi connectivity index (χ1) is 7.49. The maximum atomic E-state index is 11.3. The van der Waals surface area contributed by atoms with E-state index in [4.69, 9.17) is 9.84 Å². The Kier molecular flexibility index (Phi) is 7.20. The summed E-state index contributed by atoms with van der Waals surface area (Å²) in [6, 6.07) is -0.831. The summed E-state index contributed by atoms with van der Waals surface area (Å²) in [6.45, 7) is 2.18. The van der Waals surface area contributed by atoms with Crippen molar-refractivity contribution in [3.05, 3.63) is 12.2 Å². The van der Waals surface area contributed by atoms with E-state index in [1.165, 1.54) is 4.90 Å². The number of esters is 1. The molecule has 0 aliphatic rings. The Labute approximate surface area is 95.7 Å². The molecule has 0 radical (unpaired) electrons. The summed E-state index contributed by atoms with van der Waals surface area (Å²) in [4.78, 5) is 23.5. The first-order valence-corrected chi connectivity index (χ1v) is 5.18. The van der Waals surface area contributed by atoms with Crippen LogP contribution in [0.2, 0.25) is 0 Å². The molecule has 1 atom stereocenters. The first kappa shape index (κ1) is 14.6. The van der Waals surface area contributed by atoms with Crippen molar-refractivity contribution in [3.63, 3.8) is 0 Å². The normalized spacial score (nSPS) is 13.0. The van der Waals surface area contributed by atoms with Crippen LogP contribution in [0, 0.1) is 0 Å². The molecule has 0 aromatic rings. The molecule has 0 amide bonds. The number of likely N-dealkylation sites (N-methyl/N-ethyl adjacent to an activating group) is 1. The Morgan fingerprint density at radius 1 is 1.38 bits per heavy atom. The Hall–Kier alpha value is -1.36. The second kappa shape index (κ2) is 7.87. The van der Waals surface area contributed by atoms with Crippen molar-refractivity contribution in [1.29, 1.82) is 0 Å². The quantitative estimate of drug-likeness (QED) is 0.519. The summed E-state index contributed by atoms with van der Waals surface area (Å²) in [6.07, 6.45) is 4.37. The topological polar surface area (TPSA) is 66.8 Å². The van der Waals surface area contributed by atoms with Gasteiger partial charge in [-0.3, -0.25) is 14.5 Å². The summed E-state index contributed by atoms with van der Waals surface area (Å²) in [5.74, 6) is -1.52. The lowest BCUT2D eigenvalue weighted by Gasteiger charge is -2.18. The maximum absolute atomic E-state index is 11.3. The molecule has 0 aliphatic heterocycles. The first-order valence-electron chi connectivity index (χ1n) is 5.18. The molecule has 0 saturated carbocycles. The third kappa shape index (κ3) is 6.19. The van der Waals surface area contributed by atoms with Crippen LogP contribution in [-0.4, -0.2) is 48.7 Å². The molecule has 0 aliphatic carbocycles. The van der Waals surface area contributed by atoms with Gasteiger partial charge in [0.1, 0.15) is 12.6 Å². The second-order valence-corrected chi connectivity index (χ2v) is 3.58.